The number of urea groups is 1. The van der Waals surface area contributed by atoms with Crippen molar-refractivity contribution >= 4 is 41.7 Å². The fraction of sp³-hybridized carbons (Fsp3) is 0.636. The molecule has 0 aromatic heterocycles. The molecule has 0 spiro atoms. The van der Waals surface area contributed by atoms with E-state index in [1.807, 2.05) is 38.1 Å². The lowest BCUT2D eigenvalue weighted by Gasteiger charge is -2.22. The second-order valence-electron chi connectivity index (χ2n) is 8.33. The van der Waals surface area contributed by atoms with E-state index in [0.717, 1.165) is 48.7 Å². The van der Waals surface area contributed by atoms with Crippen LogP contribution in [-0.4, -0.2) is 42.6 Å². The van der Waals surface area contributed by atoms with E-state index in [1.165, 1.54) is 25.7 Å². The summed E-state index contributed by atoms with van der Waals surface area (Å²) < 4.78 is 0. The molecule has 162 valence electrons. The van der Waals surface area contributed by atoms with Crippen LogP contribution < -0.4 is 16.0 Å². The Morgan fingerprint density at radius 3 is 2.31 bits per heavy atom. The Morgan fingerprint density at radius 2 is 1.76 bits per heavy atom. The first-order chi connectivity index (χ1) is 13.5. The third kappa shape index (κ3) is 7.04. The highest BCUT2D eigenvalue weighted by Crippen LogP contribution is 2.36. The van der Waals surface area contributed by atoms with Crippen LogP contribution in [0, 0.1) is 11.8 Å². The smallest absolute Gasteiger partial charge is 0.319 e. The molecule has 29 heavy (non-hydrogen) atoms. The zero-order chi connectivity index (χ0) is 19.9. The lowest BCUT2D eigenvalue weighted by Crippen LogP contribution is -2.40. The number of benzene rings is 1. The quantitative estimate of drug-likeness (QED) is 0.310. The zero-order valence-corrected chi connectivity index (χ0v) is 20.2. The normalized spacial score (nSPS) is 21.4. The van der Waals surface area contributed by atoms with Gasteiger partial charge < -0.3 is 20.9 Å². The maximum atomic E-state index is 11.8. The summed E-state index contributed by atoms with van der Waals surface area (Å²) in [4.78, 5) is 19.1. The number of carbonyl (C=O) groups is 1. The molecule has 2 fully saturated rings. The van der Waals surface area contributed by atoms with Gasteiger partial charge in [0.05, 0.1) is 6.54 Å². The number of hydrogen-bond donors (Lipinski definition) is 3. The van der Waals surface area contributed by atoms with Gasteiger partial charge in [-0.05, 0) is 63.1 Å². The number of hydrogen-bond acceptors (Lipinski definition) is 2. The van der Waals surface area contributed by atoms with Gasteiger partial charge in [0.25, 0.3) is 0 Å². The van der Waals surface area contributed by atoms with E-state index < -0.39 is 0 Å². The summed E-state index contributed by atoms with van der Waals surface area (Å²) in [7, 11) is 0. The molecule has 2 aliphatic rings. The lowest BCUT2D eigenvalue weighted by molar-refractivity contribution is 0.250. The Balaban J connectivity index is 0.00000300. The molecule has 1 aromatic carbocycles. The second-order valence-corrected chi connectivity index (χ2v) is 8.33. The molecule has 1 saturated heterocycles. The Kier molecular flexibility index (Phi) is 9.52. The highest BCUT2D eigenvalue weighted by Gasteiger charge is 2.35. The summed E-state index contributed by atoms with van der Waals surface area (Å²) in [6.45, 7) is 9.83. The van der Waals surface area contributed by atoms with Crippen LogP contribution >= 0.6 is 24.0 Å². The van der Waals surface area contributed by atoms with Crippen molar-refractivity contribution in [2.45, 2.75) is 59.0 Å². The van der Waals surface area contributed by atoms with Crippen LogP contribution in [0.1, 0.15) is 52.0 Å². The number of guanidine groups is 1. The number of halogens is 1. The molecule has 2 amide bonds. The van der Waals surface area contributed by atoms with E-state index in [2.05, 4.69) is 27.8 Å². The monoisotopic (exact) mass is 513 g/mol. The summed E-state index contributed by atoms with van der Waals surface area (Å²) in [5, 5.41) is 9.15. The third-order valence-corrected chi connectivity index (χ3v) is 5.65. The van der Waals surface area contributed by atoms with Crippen molar-refractivity contribution in [3.05, 3.63) is 29.8 Å². The molecule has 3 rings (SSSR count). The van der Waals surface area contributed by atoms with E-state index in [9.17, 15) is 4.79 Å². The molecule has 3 N–H and O–H groups in total. The summed E-state index contributed by atoms with van der Waals surface area (Å²) in [6, 6.07) is 7.87. The van der Waals surface area contributed by atoms with Crippen LogP contribution in [0.5, 0.6) is 0 Å². The minimum absolute atomic E-state index is 0. The fourth-order valence-electron chi connectivity index (χ4n) is 4.29. The fourth-order valence-corrected chi connectivity index (χ4v) is 4.29. The molecule has 6 nitrogen and oxygen atoms in total. The maximum Gasteiger partial charge on any atom is 0.319 e. The molecule has 1 aliphatic heterocycles. The predicted molar refractivity (Wildman–Crippen MR) is 131 cm³/mol. The van der Waals surface area contributed by atoms with Crippen LogP contribution in [-0.2, 0) is 6.54 Å². The number of aliphatic imine (C=N–C) groups is 1. The van der Waals surface area contributed by atoms with Gasteiger partial charge in [-0.25, -0.2) is 9.79 Å². The Labute approximate surface area is 192 Å². The predicted octanol–water partition coefficient (Wildman–Crippen LogP) is 4.42. The lowest BCUT2D eigenvalue weighted by atomic mass is 9.82. The van der Waals surface area contributed by atoms with Crippen molar-refractivity contribution in [1.29, 1.82) is 0 Å². The Hall–Kier alpha value is -1.51. The van der Waals surface area contributed by atoms with Crippen molar-refractivity contribution in [2.75, 3.05) is 25.0 Å². The van der Waals surface area contributed by atoms with Crippen LogP contribution in [0.4, 0.5) is 10.5 Å². The summed E-state index contributed by atoms with van der Waals surface area (Å²) >= 11 is 0. The number of nitrogens with one attached hydrogen (secondary N) is 3. The van der Waals surface area contributed by atoms with Gasteiger partial charge in [0.15, 0.2) is 5.96 Å². The highest BCUT2D eigenvalue weighted by atomic mass is 127. The molecule has 0 radical (unpaired) electrons. The summed E-state index contributed by atoms with van der Waals surface area (Å²) in [5.41, 5.74) is 1.93. The molecule has 2 atom stereocenters. The van der Waals surface area contributed by atoms with E-state index >= 15 is 0 Å². The van der Waals surface area contributed by atoms with Crippen molar-refractivity contribution in [3.8, 4) is 0 Å². The minimum Gasteiger partial charge on any atom is -0.357 e. The molecular formula is C22H36IN5O. The standard InChI is InChI=1S/C22H35N5O.HI/c1-4-23-21(27-14-18-7-5-6-8-19(18)15-27)24-13-17-9-11-20(12-10-17)26-22(28)25-16(2)3;/h9-12,16,18-19H,4-8,13-15H2,1-3H3,(H,23,24)(H2,25,26,28);1H. The molecule has 1 saturated carbocycles. The van der Waals surface area contributed by atoms with E-state index in [4.69, 9.17) is 4.99 Å². The third-order valence-electron chi connectivity index (χ3n) is 5.65. The van der Waals surface area contributed by atoms with Crippen molar-refractivity contribution in [1.82, 2.24) is 15.5 Å². The molecule has 1 aliphatic carbocycles. The van der Waals surface area contributed by atoms with Crippen molar-refractivity contribution in [2.24, 2.45) is 16.8 Å². The molecule has 1 heterocycles. The first kappa shape index (κ1) is 23.8. The van der Waals surface area contributed by atoms with Crippen LogP contribution in [0.2, 0.25) is 0 Å². The van der Waals surface area contributed by atoms with E-state index in [-0.39, 0.29) is 36.0 Å². The van der Waals surface area contributed by atoms with Gasteiger partial charge in [-0.1, -0.05) is 25.0 Å². The average molecular weight is 513 g/mol. The average Bonchev–Trinajstić information content (AvgIpc) is 3.09. The Bertz CT molecular complexity index is 662. The van der Waals surface area contributed by atoms with Crippen LogP contribution in [0.15, 0.2) is 29.3 Å². The van der Waals surface area contributed by atoms with Crippen molar-refractivity contribution < 1.29 is 4.79 Å². The van der Waals surface area contributed by atoms with Crippen LogP contribution in [0.25, 0.3) is 0 Å². The number of likely N-dealkylation sites (tertiary alicyclic amines) is 1. The topological polar surface area (TPSA) is 68.8 Å². The van der Waals surface area contributed by atoms with E-state index in [1.54, 1.807) is 0 Å². The van der Waals surface area contributed by atoms with Gasteiger partial charge >= 0.3 is 6.03 Å². The van der Waals surface area contributed by atoms with Crippen molar-refractivity contribution in [3.63, 3.8) is 0 Å². The molecule has 2 unspecified atom stereocenters. The van der Waals surface area contributed by atoms with Gasteiger partial charge in [0.2, 0.25) is 0 Å². The SMILES string of the molecule is CCNC(=NCc1ccc(NC(=O)NC(C)C)cc1)N1CC2CCCCC2C1.I. The maximum absolute atomic E-state index is 11.8. The zero-order valence-electron chi connectivity index (χ0n) is 17.9. The van der Waals surface area contributed by atoms with Gasteiger partial charge in [-0.3, -0.25) is 0 Å². The molecule has 0 bridgehead atoms. The number of carbonyl (C=O) groups excluding carboxylic acids is 1. The van der Waals surface area contributed by atoms with E-state index in [0.29, 0.717) is 6.54 Å². The van der Waals surface area contributed by atoms with Gasteiger partial charge in [-0.15, -0.1) is 24.0 Å². The first-order valence-corrected chi connectivity index (χ1v) is 10.7. The summed E-state index contributed by atoms with van der Waals surface area (Å²) in [5.74, 6) is 2.73. The first-order valence-electron chi connectivity index (χ1n) is 10.7. The summed E-state index contributed by atoms with van der Waals surface area (Å²) in [6.07, 6.45) is 5.52. The number of nitrogens with zero attached hydrogens (tertiary/aromatic N) is 2. The molecule has 1 aromatic rings. The second kappa shape index (κ2) is 11.6. The number of amides is 2. The van der Waals surface area contributed by atoms with Crippen LogP contribution in [0.3, 0.4) is 0 Å². The number of anilines is 1. The number of rotatable bonds is 5. The van der Waals surface area contributed by atoms with Gasteiger partial charge in [0.1, 0.15) is 0 Å². The number of fused-ring (bicyclic) bond motifs is 1. The Morgan fingerprint density at radius 1 is 1.14 bits per heavy atom. The molecular weight excluding hydrogens is 477 g/mol. The largest absolute Gasteiger partial charge is 0.357 e. The van der Waals surface area contributed by atoms with Gasteiger partial charge in [-0.2, -0.15) is 0 Å². The molecule has 7 heteroatoms. The van der Waals surface area contributed by atoms with Gasteiger partial charge in [0, 0.05) is 31.4 Å². The minimum atomic E-state index is -0.175. The highest BCUT2D eigenvalue weighted by molar-refractivity contribution is 14.0.